The molecule has 0 aliphatic heterocycles. The first-order chi connectivity index (χ1) is 8.69. The zero-order chi connectivity index (χ0) is 13.0. The second kappa shape index (κ2) is 5.44. The van der Waals surface area contributed by atoms with Gasteiger partial charge in [0.25, 0.3) is 0 Å². The molecule has 18 heavy (non-hydrogen) atoms. The number of halogens is 1. The van der Waals surface area contributed by atoms with Gasteiger partial charge in [-0.15, -0.1) is 0 Å². The normalized spacial score (nSPS) is 9.78. The van der Waals surface area contributed by atoms with Gasteiger partial charge in [-0.2, -0.15) is 5.26 Å². The van der Waals surface area contributed by atoms with E-state index in [2.05, 4.69) is 4.98 Å². The number of nitrogens with zero attached hydrogens (tertiary/aromatic N) is 2. The van der Waals surface area contributed by atoms with Gasteiger partial charge < -0.3 is 0 Å². The van der Waals surface area contributed by atoms with Crippen LogP contribution in [0.4, 0.5) is 0 Å². The Bertz CT molecular complexity index is 597. The van der Waals surface area contributed by atoms with Crippen molar-refractivity contribution in [1.29, 1.82) is 5.26 Å². The third-order valence-electron chi connectivity index (χ3n) is 2.46. The van der Waals surface area contributed by atoms with Gasteiger partial charge in [0.2, 0.25) is 0 Å². The number of hydrogen-bond acceptors (Lipinski definition) is 3. The van der Waals surface area contributed by atoms with Gasteiger partial charge in [0, 0.05) is 22.5 Å². The number of carbonyl (C=O) groups is 1. The fourth-order valence-electron chi connectivity index (χ4n) is 1.50. The van der Waals surface area contributed by atoms with Crippen LogP contribution in [-0.4, -0.2) is 10.8 Å². The summed E-state index contributed by atoms with van der Waals surface area (Å²) in [7, 11) is 0. The molecule has 88 valence electrons. The average molecular weight is 257 g/mol. The molecule has 0 saturated carbocycles. The Morgan fingerprint density at radius 1 is 1.22 bits per heavy atom. The van der Waals surface area contributed by atoms with Gasteiger partial charge in [-0.05, 0) is 36.4 Å². The quantitative estimate of drug-likeness (QED) is 0.793. The summed E-state index contributed by atoms with van der Waals surface area (Å²) in [6, 6.07) is 12.1. The van der Waals surface area contributed by atoms with Gasteiger partial charge in [0.05, 0.1) is 12.0 Å². The van der Waals surface area contributed by atoms with Crippen LogP contribution in [0, 0.1) is 11.3 Å². The summed E-state index contributed by atoms with van der Waals surface area (Å²) in [5, 5.41) is 9.24. The van der Waals surface area contributed by atoms with E-state index >= 15 is 0 Å². The standard InChI is InChI=1S/C14H9ClN2O/c15-12-4-2-11(3-5-12)14(18)7-13-6-1-10(8-16)9-17-13/h1-6,9H,7H2. The lowest BCUT2D eigenvalue weighted by atomic mass is 10.1. The van der Waals surface area contributed by atoms with E-state index in [0.717, 1.165) is 0 Å². The fourth-order valence-corrected chi connectivity index (χ4v) is 1.62. The van der Waals surface area contributed by atoms with E-state index in [9.17, 15) is 4.79 Å². The summed E-state index contributed by atoms with van der Waals surface area (Å²) < 4.78 is 0. The monoisotopic (exact) mass is 256 g/mol. The van der Waals surface area contributed by atoms with Crippen LogP contribution in [0.5, 0.6) is 0 Å². The highest BCUT2D eigenvalue weighted by Crippen LogP contribution is 2.11. The van der Waals surface area contributed by atoms with E-state index in [0.29, 0.717) is 21.8 Å². The molecule has 1 aromatic carbocycles. The van der Waals surface area contributed by atoms with E-state index in [1.165, 1.54) is 6.20 Å². The molecule has 4 heteroatoms. The van der Waals surface area contributed by atoms with E-state index in [4.69, 9.17) is 16.9 Å². The Labute approximate surface area is 110 Å². The van der Waals surface area contributed by atoms with Crippen molar-refractivity contribution < 1.29 is 4.79 Å². The average Bonchev–Trinajstić information content (AvgIpc) is 2.40. The number of aromatic nitrogens is 1. The second-order valence-corrected chi connectivity index (χ2v) is 4.19. The maximum Gasteiger partial charge on any atom is 0.168 e. The van der Waals surface area contributed by atoms with Crippen molar-refractivity contribution in [3.05, 3.63) is 64.4 Å². The van der Waals surface area contributed by atoms with Crippen LogP contribution in [0.1, 0.15) is 21.6 Å². The highest BCUT2D eigenvalue weighted by Gasteiger charge is 2.07. The Kier molecular flexibility index (Phi) is 3.71. The molecule has 0 spiro atoms. The van der Waals surface area contributed by atoms with Crippen LogP contribution in [0.15, 0.2) is 42.6 Å². The molecule has 0 unspecified atom stereocenters. The lowest BCUT2D eigenvalue weighted by molar-refractivity contribution is 0.0992. The number of carbonyl (C=O) groups excluding carboxylic acids is 1. The van der Waals surface area contributed by atoms with E-state index in [1.54, 1.807) is 36.4 Å². The highest BCUT2D eigenvalue weighted by molar-refractivity contribution is 6.30. The SMILES string of the molecule is N#Cc1ccc(CC(=O)c2ccc(Cl)cc2)nc1. The second-order valence-electron chi connectivity index (χ2n) is 3.76. The van der Waals surface area contributed by atoms with Gasteiger partial charge in [-0.25, -0.2) is 0 Å². The fraction of sp³-hybridized carbons (Fsp3) is 0.0714. The molecule has 0 fully saturated rings. The van der Waals surface area contributed by atoms with Gasteiger partial charge >= 0.3 is 0 Å². The number of hydrogen-bond donors (Lipinski definition) is 0. The van der Waals surface area contributed by atoms with Crippen molar-refractivity contribution in [3.63, 3.8) is 0 Å². The molecule has 0 radical (unpaired) electrons. The summed E-state index contributed by atoms with van der Waals surface area (Å²) in [5.41, 5.74) is 1.73. The smallest absolute Gasteiger partial charge is 0.168 e. The molecule has 0 bridgehead atoms. The molecule has 0 aliphatic carbocycles. The molecular weight excluding hydrogens is 248 g/mol. The first kappa shape index (κ1) is 12.3. The minimum absolute atomic E-state index is 0.0242. The largest absolute Gasteiger partial charge is 0.294 e. The Hall–Kier alpha value is -2.18. The third kappa shape index (κ3) is 2.93. The molecule has 1 aromatic heterocycles. The lowest BCUT2D eigenvalue weighted by Gasteiger charge is -2.01. The van der Waals surface area contributed by atoms with Crippen molar-refractivity contribution >= 4 is 17.4 Å². The molecule has 2 aromatic rings. The van der Waals surface area contributed by atoms with Crippen molar-refractivity contribution in [3.8, 4) is 6.07 Å². The Morgan fingerprint density at radius 3 is 2.50 bits per heavy atom. The summed E-state index contributed by atoms with van der Waals surface area (Å²) in [6.07, 6.45) is 1.68. The molecule has 1 heterocycles. The van der Waals surface area contributed by atoms with Crippen LogP contribution in [-0.2, 0) is 6.42 Å². The van der Waals surface area contributed by atoms with Crippen LogP contribution < -0.4 is 0 Å². The zero-order valence-corrected chi connectivity index (χ0v) is 10.2. The molecule has 0 N–H and O–H groups in total. The first-order valence-corrected chi connectivity index (χ1v) is 5.70. The zero-order valence-electron chi connectivity index (χ0n) is 9.43. The van der Waals surface area contributed by atoms with Crippen molar-refractivity contribution in [2.24, 2.45) is 0 Å². The number of Topliss-reactive ketones (excluding diaryl/α,β-unsaturated/α-hetero) is 1. The van der Waals surface area contributed by atoms with Gasteiger partial charge in [0.15, 0.2) is 5.78 Å². The van der Waals surface area contributed by atoms with E-state index in [-0.39, 0.29) is 12.2 Å². The third-order valence-corrected chi connectivity index (χ3v) is 2.71. The molecule has 0 atom stereocenters. The van der Waals surface area contributed by atoms with Crippen LogP contribution in [0.3, 0.4) is 0 Å². The number of pyridine rings is 1. The molecular formula is C14H9ClN2O. The molecule has 0 amide bonds. The highest BCUT2D eigenvalue weighted by atomic mass is 35.5. The molecule has 0 saturated heterocycles. The van der Waals surface area contributed by atoms with Crippen molar-refractivity contribution in [1.82, 2.24) is 4.98 Å². The lowest BCUT2D eigenvalue weighted by Crippen LogP contribution is -2.04. The van der Waals surface area contributed by atoms with Crippen molar-refractivity contribution in [2.45, 2.75) is 6.42 Å². The van der Waals surface area contributed by atoms with Crippen molar-refractivity contribution in [2.75, 3.05) is 0 Å². The number of benzene rings is 1. The van der Waals surface area contributed by atoms with Crippen LogP contribution in [0.25, 0.3) is 0 Å². The van der Waals surface area contributed by atoms with Crippen LogP contribution in [0.2, 0.25) is 5.02 Å². The summed E-state index contributed by atoms with van der Waals surface area (Å²) in [5.74, 6) is -0.0242. The maximum absolute atomic E-state index is 11.9. The van der Waals surface area contributed by atoms with E-state index < -0.39 is 0 Å². The number of nitriles is 1. The van der Waals surface area contributed by atoms with Gasteiger partial charge in [-0.1, -0.05) is 11.6 Å². The first-order valence-electron chi connectivity index (χ1n) is 5.33. The minimum Gasteiger partial charge on any atom is -0.294 e. The van der Waals surface area contributed by atoms with E-state index in [1.807, 2.05) is 6.07 Å². The summed E-state index contributed by atoms with van der Waals surface area (Å²) in [6.45, 7) is 0. The number of ketones is 1. The molecule has 2 rings (SSSR count). The maximum atomic E-state index is 11.9. The summed E-state index contributed by atoms with van der Waals surface area (Å²) in [4.78, 5) is 16.0. The Balaban J connectivity index is 2.11. The topological polar surface area (TPSA) is 53.8 Å². The molecule has 3 nitrogen and oxygen atoms in total. The summed E-state index contributed by atoms with van der Waals surface area (Å²) >= 11 is 5.76. The number of rotatable bonds is 3. The predicted molar refractivity (Wildman–Crippen MR) is 68.4 cm³/mol. The molecule has 0 aliphatic rings. The minimum atomic E-state index is -0.0242. The predicted octanol–water partition coefficient (Wildman–Crippen LogP) is 3.03. The van der Waals surface area contributed by atoms with Gasteiger partial charge in [-0.3, -0.25) is 9.78 Å². The van der Waals surface area contributed by atoms with Crippen LogP contribution >= 0.6 is 11.6 Å². The van der Waals surface area contributed by atoms with Gasteiger partial charge in [0.1, 0.15) is 6.07 Å². The Morgan fingerprint density at radius 2 is 1.94 bits per heavy atom.